The van der Waals surface area contributed by atoms with Gasteiger partial charge in [0, 0.05) is 29.8 Å². The van der Waals surface area contributed by atoms with Crippen molar-refractivity contribution < 1.29 is 5.03 Å². The lowest BCUT2D eigenvalue weighted by Crippen LogP contribution is -2.25. The number of nitrogens with one attached hydrogen (secondary N) is 1. The minimum Gasteiger partial charge on any atom is -0.361 e. The van der Waals surface area contributed by atoms with Crippen LogP contribution < -0.4 is 5.01 Å². The summed E-state index contributed by atoms with van der Waals surface area (Å²) in [6.45, 7) is 2.09. The van der Waals surface area contributed by atoms with E-state index in [1.165, 1.54) is 5.56 Å². The molecule has 0 unspecified atom stereocenters. The molecule has 3 heterocycles. The average molecular weight is 337 g/mol. The second-order valence-corrected chi connectivity index (χ2v) is 6.46. The van der Waals surface area contributed by atoms with Crippen LogP contribution >= 0.6 is 0 Å². The lowest BCUT2D eigenvalue weighted by Gasteiger charge is -2.14. The third-order valence-electron chi connectivity index (χ3n) is 4.80. The molecule has 1 saturated heterocycles. The van der Waals surface area contributed by atoms with Crippen LogP contribution in [0.3, 0.4) is 0 Å². The molecule has 0 bridgehead atoms. The molecule has 0 amide bonds. The molecule has 0 saturated carbocycles. The number of anilines is 2. The zero-order valence-corrected chi connectivity index (χ0v) is 13.9. The van der Waals surface area contributed by atoms with E-state index in [0.717, 1.165) is 35.4 Å². The molecule has 7 nitrogen and oxygen atoms in total. The summed E-state index contributed by atoms with van der Waals surface area (Å²) in [5.74, 6) is 0.748. The van der Waals surface area contributed by atoms with Gasteiger partial charge in [-0.15, -0.1) is 0 Å². The lowest BCUT2D eigenvalue weighted by atomic mass is 9.97. The Bertz CT molecular complexity index is 908. The quantitative estimate of drug-likeness (QED) is 0.584. The Labute approximate surface area is 145 Å². The van der Waals surface area contributed by atoms with Crippen LogP contribution in [-0.4, -0.2) is 40.0 Å². The number of rotatable bonds is 4. The summed E-state index contributed by atoms with van der Waals surface area (Å²) in [7, 11) is 2.12. The van der Waals surface area contributed by atoms with Crippen molar-refractivity contribution in [1.29, 1.82) is 0 Å². The summed E-state index contributed by atoms with van der Waals surface area (Å²) >= 11 is 0. The molecule has 25 heavy (non-hydrogen) atoms. The van der Waals surface area contributed by atoms with E-state index in [1.54, 1.807) is 30.5 Å². The molecule has 1 aliphatic rings. The van der Waals surface area contributed by atoms with Crippen LogP contribution in [0, 0.1) is 10.1 Å². The highest BCUT2D eigenvalue weighted by molar-refractivity contribution is 5.87. The molecule has 3 aromatic rings. The van der Waals surface area contributed by atoms with E-state index in [0.29, 0.717) is 17.4 Å². The number of fused-ring (bicyclic) bond motifs is 1. The number of nitro groups is 1. The maximum absolute atomic E-state index is 11.6. The third kappa shape index (κ3) is 2.83. The molecular formula is C18H19N5O2. The molecule has 2 aromatic heterocycles. The number of nitrogens with zero attached hydrogens (tertiary/aromatic N) is 4. The van der Waals surface area contributed by atoms with E-state index in [2.05, 4.69) is 21.9 Å². The predicted molar refractivity (Wildman–Crippen MR) is 96.5 cm³/mol. The second kappa shape index (κ2) is 6.18. The number of hydrogen-bond donors (Lipinski definition) is 1. The maximum atomic E-state index is 11.6. The van der Waals surface area contributed by atoms with Crippen LogP contribution in [0.5, 0.6) is 0 Å². The van der Waals surface area contributed by atoms with E-state index >= 15 is 0 Å². The topological polar surface area (TPSA) is 78.3 Å². The van der Waals surface area contributed by atoms with Gasteiger partial charge >= 0.3 is 0 Å². The lowest BCUT2D eigenvalue weighted by molar-refractivity contribution is -0.483. The number of pyridine rings is 1. The number of benzene rings is 1. The number of hydrogen-bond acceptors (Lipinski definition) is 4. The Morgan fingerprint density at radius 2 is 2.24 bits per heavy atom. The first-order chi connectivity index (χ1) is 12.1. The number of aromatic amines is 1. The highest BCUT2D eigenvalue weighted by Gasteiger charge is 2.26. The van der Waals surface area contributed by atoms with Crippen LogP contribution in [-0.2, 0) is 0 Å². The summed E-state index contributed by atoms with van der Waals surface area (Å²) < 4.78 is 0. The highest BCUT2D eigenvalue weighted by atomic mass is 16.7. The Hall–Kier alpha value is -2.93. The predicted octanol–water partition coefficient (Wildman–Crippen LogP) is 3.31. The fourth-order valence-corrected chi connectivity index (χ4v) is 3.58. The van der Waals surface area contributed by atoms with Crippen molar-refractivity contribution in [3.63, 3.8) is 0 Å². The van der Waals surface area contributed by atoms with Crippen LogP contribution in [0.4, 0.5) is 11.5 Å². The van der Waals surface area contributed by atoms with Gasteiger partial charge in [-0.2, -0.15) is 0 Å². The van der Waals surface area contributed by atoms with Crippen molar-refractivity contribution >= 4 is 22.4 Å². The largest absolute Gasteiger partial charge is 0.361 e. The van der Waals surface area contributed by atoms with Gasteiger partial charge in [0.05, 0.1) is 0 Å². The summed E-state index contributed by atoms with van der Waals surface area (Å²) in [6.07, 6.45) is 4.70. The van der Waals surface area contributed by atoms with E-state index < -0.39 is 5.03 Å². The first kappa shape index (κ1) is 15.6. The van der Waals surface area contributed by atoms with Crippen LogP contribution in [0.25, 0.3) is 10.9 Å². The van der Waals surface area contributed by atoms with E-state index in [1.807, 2.05) is 18.3 Å². The van der Waals surface area contributed by atoms with Gasteiger partial charge in [-0.3, -0.25) is 0 Å². The zero-order valence-electron chi connectivity index (χ0n) is 13.9. The molecule has 7 heteroatoms. The third-order valence-corrected chi connectivity index (χ3v) is 4.80. The van der Waals surface area contributed by atoms with E-state index in [-0.39, 0.29) is 0 Å². The van der Waals surface area contributed by atoms with Crippen LogP contribution in [0.15, 0.2) is 48.8 Å². The Kier molecular flexibility index (Phi) is 3.85. The van der Waals surface area contributed by atoms with Crippen molar-refractivity contribution in [1.82, 2.24) is 14.9 Å². The molecule has 0 aliphatic carbocycles. The van der Waals surface area contributed by atoms with E-state index in [4.69, 9.17) is 0 Å². The molecule has 4 rings (SSSR count). The molecule has 0 radical (unpaired) electrons. The van der Waals surface area contributed by atoms with Crippen molar-refractivity contribution in [2.75, 3.05) is 25.1 Å². The average Bonchev–Trinajstić information content (AvgIpc) is 3.21. The van der Waals surface area contributed by atoms with Gasteiger partial charge in [0.2, 0.25) is 0 Å². The van der Waals surface area contributed by atoms with Crippen molar-refractivity contribution in [2.45, 2.75) is 12.3 Å². The summed E-state index contributed by atoms with van der Waals surface area (Å²) in [5.41, 5.74) is 2.73. The van der Waals surface area contributed by atoms with Crippen molar-refractivity contribution in [3.8, 4) is 0 Å². The molecular weight excluding hydrogens is 318 g/mol. The van der Waals surface area contributed by atoms with Gasteiger partial charge < -0.3 is 9.88 Å². The van der Waals surface area contributed by atoms with Gasteiger partial charge in [0.25, 0.3) is 0 Å². The summed E-state index contributed by atoms with van der Waals surface area (Å²) in [6, 6.07) is 10.7. The van der Waals surface area contributed by atoms with Gasteiger partial charge in [0.15, 0.2) is 10.9 Å². The molecule has 1 fully saturated rings. The number of aromatic nitrogens is 2. The molecule has 1 aliphatic heterocycles. The normalized spacial score (nSPS) is 17.9. The fourth-order valence-electron chi connectivity index (χ4n) is 3.58. The Morgan fingerprint density at radius 3 is 2.92 bits per heavy atom. The van der Waals surface area contributed by atoms with Gasteiger partial charge in [0.1, 0.15) is 5.69 Å². The van der Waals surface area contributed by atoms with Crippen LogP contribution in [0.1, 0.15) is 17.9 Å². The van der Waals surface area contributed by atoms with Crippen molar-refractivity contribution in [2.24, 2.45) is 0 Å². The number of hydrazine groups is 1. The minimum absolute atomic E-state index is 0.296. The van der Waals surface area contributed by atoms with E-state index in [9.17, 15) is 10.1 Å². The standard InChI is InChI=1S/C18H19N5O2/c1-21-9-7-13(12-21)16-11-20-17-6-5-14(10-15(16)17)22(23(24)25)18-4-2-3-8-19-18/h2-6,8,10-11,13,20H,7,9,12H2,1H3/t13-/m0/s1. The molecule has 128 valence electrons. The second-order valence-electron chi connectivity index (χ2n) is 6.46. The molecule has 1 atom stereocenters. The number of likely N-dealkylation sites (N-methyl/N-ethyl adjacent to an activating group) is 1. The zero-order chi connectivity index (χ0) is 17.4. The smallest absolute Gasteiger partial charge is 0.199 e. The first-order valence-electron chi connectivity index (χ1n) is 8.28. The molecule has 0 spiro atoms. The summed E-state index contributed by atoms with van der Waals surface area (Å²) in [4.78, 5) is 21.4. The van der Waals surface area contributed by atoms with Gasteiger partial charge in [-0.1, -0.05) is 6.07 Å². The van der Waals surface area contributed by atoms with Crippen molar-refractivity contribution in [3.05, 3.63) is 64.5 Å². The monoisotopic (exact) mass is 337 g/mol. The van der Waals surface area contributed by atoms with Gasteiger partial charge in [-0.25, -0.2) is 15.1 Å². The maximum Gasteiger partial charge on any atom is 0.199 e. The Morgan fingerprint density at radius 1 is 1.36 bits per heavy atom. The van der Waals surface area contributed by atoms with Crippen LogP contribution in [0.2, 0.25) is 0 Å². The Balaban J connectivity index is 1.78. The summed E-state index contributed by atoms with van der Waals surface area (Å²) in [5, 5.41) is 13.3. The SMILES string of the molecule is CN1CC[C@H](c2c[nH]c3ccc(N(c4ccccn4)[N+](=O)[O-])cc23)C1. The number of H-pyrrole nitrogens is 1. The first-order valence-corrected chi connectivity index (χ1v) is 8.28. The number of likely N-dealkylation sites (tertiary alicyclic amines) is 1. The molecule has 1 N–H and O–H groups in total. The minimum atomic E-state index is -0.431. The highest BCUT2D eigenvalue weighted by Crippen LogP contribution is 2.35. The fraction of sp³-hybridized carbons (Fsp3) is 0.278. The van der Waals surface area contributed by atoms with Gasteiger partial charge in [-0.05, 0) is 66.8 Å². The molecule has 1 aromatic carbocycles.